The van der Waals surface area contributed by atoms with Crippen LogP contribution in [0, 0.1) is 0 Å². The zero-order valence-electron chi connectivity index (χ0n) is 14.4. The number of piperidine rings is 1. The van der Waals surface area contributed by atoms with Crippen LogP contribution in [0.25, 0.3) is 0 Å². The maximum absolute atomic E-state index is 12.5. The molecule has 1 aromatic rings. The Hall–Kier alpha value is -1.44. The Balaban J connectivity index is 1.95. The van der Waals surface area contributed by atoms with E-state index in [1.165, 1.54) is 0 Å². The molecule has 1 unspecified atom stereocenters. The Bertz CT molecular complexity index is 650. The number of carbonyl (C=O) groups excluding carboxylic acids is 1. The first-order chi connectivity index (χ1) is 11.3. The molecule has 1 atom stereocenters. The molecule has 0 radical (unpaired) electrons. The van der Waals surface area contributed by atoms with Crippen molar-refractivity contribution in [2.24, 2.45) is 5.73 Å². The van der Waals surface area contributed by atoms with Gasteiger partial charge < -0.3 is 5.73 Å². The maximum Gasteiger partial charge on any atom is 0.240 e. The lowest BCUT2D eigenvalue weighted by atomic mass is 9.99. The Morgan fingerprint density at radius 2 is 1.88 bits per heavy atom. The quantitative estimate of drug-likeness (QED) is 0.775. The van der Waals surface area contributed by atoms with Crippen LogP contribution >= 0.6 is 0 Å². The number of likely N-dealkylation sites (tertiary alicyclic amines) is 1. The van der Waals surface area contributed by atoms with E-state index in [0.29, 0.717) is 36.7 Å². The second kappa shape index (κ2) is 8.09. The highest BCUT2D eigenvalue weighted by molar-refractivity contribution is 7.89. The third-order valence-corrected chi connectivity index (χ3v) is 6.20. The van der Waals surface area contributed by atoms with E-state index in [1.807, 2.05) is 17.0 Å². The number of sulfonamides is 1. The van der Waals surface area contributed by atoms with Gasteiger partial charge in [-0.15, -0.1) is 0 Å². The summed E-state index contributed by atoms with van der Waals surface area (Å²) in [7, 11) is -3.51. The van der Waals surface area contributed by atoms with Gasteiger partial charge in [0, 0.05) is 19.1 Å². The number of hydrogen-bond acceptors (Lipinski definition) is 4. The van der Waals surface area contributed by atoms with E-state index in [4.69, 9.17) is 5.73 Å². The fraction of sp³-hybridized carbons (Fsp3) is 0.588. The van der Waals surface area contributed by atoms with Crippen molar-refractivity contribution in [2.75, 3.05) is 19.6 Å². The Morgan fingerprint density at radius 3 is 2.38 bits per heavy atom. The van der Waals surface area contributed by atoms with Crippen molar-refractivity contribution in [3.63, 3.8) is 0 Å². The molecule has 0 saturated carbocycles. The molecule has 0 spiro atoms. The molecule has 1 saturated heterocycles. The Labute approximate surface area is 144 Å². The molecule has 7 heteroatoms. The summed E-state index contributed by atoms with van der Waals surface area (Å²) in [5.41, 5.74) is 6.34. The van der Waals surface area contributed by atoms with Gasteiger partial charge >= 0.3 is 0 Å². The summed E-state index contributed by atoms with van der Waals surface area (Å²) in [6, 6.07) is 7.02. The maximum atomic E-state index is 12.5. The van der Waals surface area contributed by atoms with Crippen molar-refractivity contribution < 1.29 is 13.2 Å². The fourth-order valence-corrected chi connectivity index (χ4v) is 4.23. The van der Waals surface area contributed by atoms with Crippen LogP contribution in [0.3, 0.4) is 0 Å². The highest BCUT2D eigenvalue weighted by atomic mass is 32.2. The van der Waals surface area contributed by atoms with Crippen LogP contribution in [0.2, 0.25) is 0 Å². The molecule has 3 N–H and O–H groups in total. The highest BCUT2D eigenvalue weighted by Gasteiger charge is 2.25. The van der Waals surface area contributed by atoms with E-state index < -0.39 is 10.0 Å². The molecule has 1 amide bonds. The number of amides is 1. The fourth-order valence-electron chi connectivity index (χ4n) is 2.93. The number of nitrogens with zero attached hydrogens (tertiary/aromatic N) is 1. The molecule has 0 aromatic heterocycles. The van der Waals surface area contributed by atoms with Crippen molar-refractivity contribution in [2.45, 2.75) is 50.0 Å². The van der Waals surface area contributed by atoms with Crippen molar-refractivity contribution in [1.29, 1.82) is 0 Å². The summed E-state index contributed by atoms with van der Waals surface area (Å²) in [5.74, 6) is 0.0692. The number of hydrogen-bond donors (Lipinski definition) is 2. The number of nitrogens with one attached hydrogen (secondary N) is 1. The molecule has 134 valence electrons. The zero-order chi connectivity index (χ0) is 17.7. The molecule has 6 nitrogen and oxygen atoms in total. The summed E-state index contributed by atoms with van der Waals surface area (Å²) in [6.45, 7) is 5.81. The minimum Gasteiger partial charge on any atom is -0.369 e. The first kappa shape index (κ1) is 18.9. The lowest BCUT2D eigenvalue weighted by Gasteiger charge is -2.31. The van der Waals surface area contributed by atoms with Crippen molar-refractivity contribution in [3.8, 4) is 0 Å². The molecular weight excluding hydrogens is 326 g/mol. The molecule has 0 aliphatic carbocycles. The van der Waals surface area contributed by atoms with Crippen molar-refractivity contribution in [1.82, 2.24) is 9.62 Å². The summed E-state index contributed by atoms with van der Waals surface area (Å²) in [4.78, 5) is 13.2. The molecule has 1 aliphatic heterocycles. The molecule has 1 aliphatic rings. The third kappa shape index (κ3) is 5.03. The summed E-state index contributed by atoms with van der Waals surface area (Å²) in [5, 5.41) is 0. The summed E-state index contributed by atoms with van der Waals surface area (Å²) in [6.07, 6.45) is 2.38. The first-order valence-corrected chi connectivity index (χ1v) is 9.93. The van der Waals surface area contributed by atoms with E-state index in [1.54, 1.807) is 12.1 Å². The molecule has 1 fully saturated rings. The number of carbonyl (C=O) groups is 1. The minimum atomic E-state index is -3.51. The largest absolute Gasteiger partial charge is 0.369 e. The molecule has 1 heterocycles. The van der Waals surface area contributed by atoms with Crippen LogP contribution in [0.15, 0.2) is 29.2 Å². The van der Waals surface area contributed by atoms with Gasteiger partial charge in [-0.3, -0.25) is 9.69 Å². The van der Waals surface area contributed by atoms with Gasteiger partial charge in [-0.1, -0.05) is 26.0 Å². The Kier molecular flexibility index (Phi) is 6.37. The van der Waals surface area contributed by atoms with Crippen LogP contribution in [0.1, 0.15) is 44.6 Å². The van der Waals surface area contributed by atoms with Crippen LogP contribution in [0.4, 0.5) is 0 Å². The number of benzene rings is 1. The molecule has 24 heavy (non-hydrogen) atoms. The van der Waals surface area contributed by atoms with E-state index in [0.717, 1.165) is 12.0 Å². The van der Waals surface area contributed by atoms with Crippen LogP contribution in [0.5, 0.6) is 0 Å². The van der Waals surface area contributed by atoms with Gasteiger partial charge in [0.2, 0.25) is 15.9 Å². The number of primary amides is 1. The smallest absolute Gasteiger partial charge is 0.240 e. The van der Waals surface area contributed by atoms with Gasteiger partial charge in [-0.05, 0) is 42.9 Å². The minimum absolute atomic E-state index is 0.103. The van der Waals surface area contributed by atoms with E-state index in [-0.39, 0.29) is 18.5 Å². The van der Waals surface area contributed by atoms with Gasteiger partial charge in [0.1, 0.15) is 0 Å². The SMILES string of the molecule is CCC(C)c1ccc(S(=O)(=O)NC2CCN(CC(N)=O)CC2)cc1. The third-order valence-electron chi connectivity index (χ3n) is 4.66. The van der Waals surface area contributed by atoms with E-state index in [9.17, 15) is 13.2 Å². The Morgan fingerprint density at radius 1 is 1.29 bits per heavy atom. The zero-order valence-corrected chi connectivity index (χ0v) is 15.2. The molecular formula is C17H27N3O3S. The lowest BCUT2D eigenvalue weighted by molar-refractivity contribution is -0.119. The molecule has 2 rings (SSSR count). The van der Waals surface area contributed by atoms with Crippen LogP contribution in [-0.4, -0.2) is 44.9 Å². The molecule has 0 bridgehead atoms. The monoisotopic (exact) mass is 353 g/mol. The second-order valence-corrected chi connectivity index (χ2v) is 8.23. The van der Waals surface area contributed by atoms with E-state index in [2.05, 4.69) is 18.6 Å². The summed E-state index contributed by atoms with van der Waals surface area (Å²) < 4.78 is 27.8. The molecule has 1 aromatic carbocycles. The predicted octanol–water partition coefficient (Wildman–Crippen LogP) is 1.43. The second-order valence-electron chi connectivity index (χ2n) is 6.52. The topological polar surface area (TPSA) is 92.5 Å². The van der Waals surface area contributed by atoms with Gasteiger partial charge in [-0.25, -0.2) is 13.1 Å². The van der Waals surface area contributed by atoms with E-state index >= 15 is 0 Å². The van der Waals surface area contributed by atoms with Gasteiger partial charge in [-0.2, -0.15) is 0 Å². The summed E-state index contributed by atoms with van der Waals surface area (Å²) >= 11 is 0. The normalized spacial score (nSPS) is 18.4. The van der Waals surface area contributed by atoms with Crippen molar-refractivity contribution >= 4 is 15.9 Å². The van der Waals surface area contributed by atoms with Gasteiger partial charge in [0.15, 0.2) is 0 Å². The standard InChI is InChI=1S/C17H27N3O3S/c1-3-13(2)14-4-6-16(7-5-14)24(22,23)19-15-8-10-20(11-9-15)12-17(18)21/h4-7,13,15,19H,3,8-12H2,1-2H3,(H2,18,21). The average Bonchev–Trinajstić information content (AvgIpc) is 2.55. The van der Waals surface area contributed by atoms with Crippen LogP contribution in [-0.2, 0) is 14.8 Å². The first-order valence-electron chi connectivity index (χ1n) is 8.44. The number of rotatable bonds is 7. The van der Waals surface area contributed by atoms with Crippen molar-refractivity contribution in [3.05, 3.63) is 29.8 Å². The number of nitrogens with two attached hydrogens (primary N) is 1. The van der Waals surface area contributed by atoms with Gasteiger partial charge in [0.25, 0.3) is 0 Å². The lowest BCUT2D eigenvalue weighted by Crippen LogP contribution is -2.46. The van der Waals surface area contributed by atoms with Crippen LogP contribution < -0.4 is 10.5 Å². The van der Waals surface area contributed by atoms with Gasteiger partial charge in [0.05, 0.1) is 11.4 Å². The average molecular weight is 353 g/mol. The predicted molar refractivity (Wildman–Crippen MR) is 94.1 cm³/mol. The highest BCUT2D eigenvalue weighted by Crippen LogP contribution is 2.21.